The third-order valence-electron chi connectivity index (χ3n) is 2.17. The van der Waals surface area contributed by atoms with Crippen molar-refractivity contribution in [2.75, 3.05) is 6.54 Å². The van der Waals surface area contributed by atoms with Gasteiger partial charge in [0.15, 0.2) is 0 Å². The largest absolute Gasteiger partial charge is 0.312 e. The second kappa shape index (κ2) is 3.74. The van der Waals surface area contributed by atoms with E-state index in [2.05, 4.69) is 39.2 Å². The first-order valence-corrected chi connectivity index (χ1v) is 5.34. The Morgan fingerprint density at radius 2 is 2.67 bits per heavy atom. The van der Waals surface area contributed by atoms with Crippen LogP contribution in [0.15, 0.2) is 12.4 Å². The Balaban J connectivity index is 1.94. The van der Waals surface area contributed by atoms with Gasteiger partial charge in [0.05, 0.1) is 16.3 Å². The van der Waals surface area contributed by atoms with E-state index >= 15 is 0 Å². The van der Waals surface area contributed by atoms with E-state index in [0.29, 0.717) is 6.04 Å². The van der Waals surface area contributed by atoms with E-state index < -0.39 is 0 Å². The number of rotatable bonds is 2. The van der Waals surface area contributed by atoms with Crippen molar-refractivity contribution in [1.82, 2.24) is 15.1 Å². The maximum Gasteiger partial charge on any atom is 0.0623 e. The molecule has 1 unspecified atom stereocenters. The van der Waals surface area contributed by atoms with Crippen LogP contribution in [-0.2, 0) is 6.54 Å². The summed E-state index contributed by atoms with van der Waals surface area (Å²) in [5.74, 6) is 0. The van der Waals surface area contributed by atoms with Crippen LogP contribution in [0.5, 0.6) is 0 Å². The minimum Gasteiger partial charge on any atom is -0.312 e. The van der Waals surface area contributed by atoms with Crippen molar-refractivity contribution in [3.8, 4) is 0 Å². The summed E-state index contributed by atoms with van der Waals surface area (Å²) >= 11 is 2.28. The fourth-order valence-electron chi connectivity index (χ4n) is 1.58. The van der Waals surface area contributed by atoms with Gasteiger partial charge in [-0.3, -0.25) is 4.68 Å². The molecule has 0 aliphatic carbocycles. The van der Waals surface area contributed by atoms with Crippen molar-refractivity contribution < 1.29 is 0 Å². The Bertz CT molecular complexity index is 253. The van der Waals surface area contributed by atoms with Gasteiger partial charge in [-0.05, 0) is 42.0 Å². The van der Waals surface area contributed by atoms with Crippen LogP contribution in [0.1, 0.15) is 12.8 Å². The number of halogens is 1. The average Bonchev–Trinajstić information content (AvgIpc) is 2.63. The van der Waals surface area contributed by atoms with Gasteiger partial charge in [0.25, 0.3) is 0 Å². The van der Waals surface area contributed by atoms with E-state index in [1.54, 1.807) is 0 Å². The Kier molecular flexibility index (Phi) is 2.65. The molecule has 1 aliphatic heterocycles. The molecule has 0 aromatic carbocycles. The normalized spacial score (nSPS) is 23.2. The lowest BCUT2D eigenvalue weighted by Crippen LogP contribution is -2.26. The van der Waals surface area contributed by atoms with E-state index in [-0.39, 0.29) is 0 Å². The summed E-state index contributed by atoms with van der Waals surface area (Å²) in [6.07, 6.45) is 6.58. The second-order valence-electron chi connectivity index (χ2n) is 3.17. The van der Waals surface area contributed by atoms with Crippen LogP contribution in [0.2, 0.25) is 0 Å². The predicted octanol–water partition coefficient (Wildman–Crippen LogP) is 1.24. The van der Waals surface area contributed by atoms with E-state index in [0.717, 1.165) is 6.54 Å². The zero-order valence-electron chi connectivity index (χ0n) is 6.83. The molecule has 3 nitrogen and oxygen atoms in total. The van der Waals surface area contributed by atoms with Gasteiger partial charge in [0, 0.05) is 12.2 Å². The fourth-order valence-corrected chi connectivity index (χ4v) is 2.02. The van der Waals surface area contributed by atoms with Gasteiger partial charge in [-0.1, -0.05) is 0 Å². The Hall–Kier alpha value is -0.100. The van der Waals surface area contributed by atoms with Gasteiger partial charge >= 0.3 is 0 Å². The first-order chi connectivity index (χ1) is 5.84. The molecule has 2 rings (SSSR count). The third kappa shape index (κ3) is 1.98. The number of nitrogens with zero attached hydrogens (tertiary/aromatic N) is 2. The molecular formula is C8H12IN3. The Morgan fingerprint density at radius 1 is 1.75 bits per heavy atom. The number of hydrogen-bond donors (Lipinski definition) is 1. The van der Waals surface area contributed by atoms with Crippen LogP contribution in [0.4, 0.5) is 0 Å². The molecule has 1 N–H and O–H groups in total. The summed E-state index contributed by atoms with van der Waals surface area (Å²) in [6.45, 7) is 2.19. The van der Waals surface area contributed by atoms with E-state index in [4.69, 9.17) is 0 Å². The molecule has 4 heteroatoms. The molecule has 0 bridgehead atoms. The quantitative estimate of drug-likeness (QED) is 0.824. The highest BCUT2D eigenvalue weighted by molar-refractivity contribution is 14.1. The van der Waals surface area contributed by atoms with Crippen molar-refractivity contribution in [1.29, 1.82) is 0 Å². The molecule has 2 heterocycles. The predicted molar refractivity (Wildman–Crippen MR) is 56.0 cm³/mol. The smallest absolute Gasteiger partial charge is 0.0623 e. The molecule has 12 heavy (non-hydrogen) atoms. The summed E-state index contributed by atoms with van der Waals surface area (Å²) in [6, 6.07) is 0.640. The number of aromatic nitrogens is 2. The lowest BCUT2D eigenvalue weighted by molar-refractivity contribution is 0.476. The highest BCUT2D eigenvalue weighted by atomic mass is 127. The number of nitrogens with one attached hydrogen (secondary N) is 1. The molecule has 1 aromatic heterocycles. The lowest BCUT2D eigenvalue weighted by atomic mass is 10.2. The molecule has 0 spiro atoms. The van der Waals surface area contributed by atoms with Crippen molar-refractivity contribution in [3.63, 3.8) is 0 Å². The molecule has 1 saturated heterocycles. The first-order valence-electron chi connectivity index (χ1n) is 4.26. The Labute approximate surface area is 85.7 Å². The van der Waals surface area contributed by atoms with Crippen LogP contribution in [0, 0.1) is 3.57 Å². The maximum absolute atomic E-state index is 4.25. The second-order valence-corrected chi connectivity index (χ2v) is 4.42. The highest BCUT2D eigenvalue weighted by Crippen LogP contribution is 2.08. The summed E-state index contributed by atoms with van der Waals surface area (Å²) in [5.41, 5.74) is 0. The third-order valence-corrected chi connectivity index (χ3v) is 2.73. The van der Waals surface area contributed by atoms with Crippen molar-refractivity contribution in [3.05, 3.63) is 16.0 Å². The molecule has 1 aliphatic rings. The van der Waals surface area contributed by atoms with Gasteiger partial charge in [-0.15, -0.1) is 0 Å². The topological polar surface area (TPSA) is 29.9 Å². The minimum atomic E-state index is 0.640. The molecule has 0 amide bonds. The zero-order valence-corrected chi connectivity index (χ0v) is 8.99. The standard InChI is InChI=1S/C8H12IN3/c9-7-4-11-12(5-7)6-8-2-1-3-10-8/h4-5,8,10H,1-3,6H2. The molecule has 1 aromatic rings. The van der Waals surface area contributed by atoms with E-state index in [9.17, 15) is 0 Å². The molecule has 1 fully saturated rings. The van der Waals surface area contributed by atoms with Crippen LogP contribution in [-0.4, -0.2) is 22.4 Å². The molecular weight excluding hydrogens is 265 g/mol. The zero-order chi connectivity index (χ0) is 8.39. The van der Waals surface area contributed by atoms with Crippen LogP contribution < -0.4 is 5.32 Å². The average molecular weight is 277 g/mol. The van der Waals surface area contributed by atoms with Crippen LogP contribution in [0.3, 0.4) is 0 Å². The molecule has 0 radical (unpaired) electrons. The Morgan fingerprint density at radius 3 is 3.25 bits per heavy atom. The van der Waals surface area contributed by atoms with E-state index in [1.165, 1.54) is 23.0 Å². The summed E-state index contributed by atoms with van der Waals surface area (Å²) in [5, 5.41) is 7.70. The number of hydrogen-bond acceptors (Lipinski definition) is 2. The monoisotopic (exact) mass is 277 g/mol. The summed E-state index contributed by atoms with van der Waals surface area (Å²) in [7, 11) is 0. The van der Waals surface area contributed by atoms with Crippen LogP contribution in [0.25, 0.3) is 0 Å². The summed E-state index contributed by atoms with van der Waals surface area (Å²) in [4.78, 5) is 0. The van der Waals surface area contributed by atoms with Crippen molar-refractivity contribution in [2.45, 2.75) is 25.4 Å². The van der Waals surface area contributed by atoms with E-state index in [1.807, 2.05) is 10.9 Å². The summed E-state index contributed by atoms with van der Waals surface area (Å²) < 4.78 is 3.23. The van der Waals surface area contributed by atoms with Gasteiger partial charge in [-0.2, -0.15) is 5.10 Å². The molecule has 66 valence electrons. The van der Waals surface area contributed by atoms with Gasteiger partial charge < -0.3 is 5.32 Å². The minimum absolute atomic E-state index is 0.640. The van der Waals surface area contributed by atoms with Gasteiger partial charge in [-0.25, -0.2) is 0 Å². The van der Waals surface area contributed by atoms with Gasteiger partial charge in [0.2, 0.25) is 0 Å². The van der Waals surface area contributed by atoms with Crippen LogP contribution >= 0.6 is 22.6 Å². The molecule has 0 saturated carbocycles. The molecule has 1 atom stereocenters. The SMILES string of the molecule is Ic1cnn(CC2CCCN2)c1. The highest BCUT2D eigenvalue weighted by Gasteiger charge is 2.14. The van der Waals surface area contributed by atoms with Crippen molar-refractivity contribution in [2.24, 2.45) is 0 Å². The first kappa shape index (κ1) is 8.50. The van der Waals surface area contributed by atoms with Crippen molar-refractivity contribution >= 4 is 22.6 Å². The maximum atomic E-state index is 4.25. The lowest BCUT2D eigenvalue weighted by Gasteiger charge is -2.08. The fraction of sp³-hybridized carbons (Fsp3) is 0.625. The van der Waals surface area contributed by atoms with Gasteiger partial charge in [0.1, 0.15) is 0 Å².